The number of methoxy groups -OCH3 is 1. The van der Waals surface area contributed by atoms with E-state index in [0.29, 0.717) is 12.0 Å². The smallest absolute Gasteiger partial charge is 0.269 e. The molecule has 1 aliphatic rings. The van der Waals surface area contributed by atoms with Crippen molar-refractivity contribution in [2.75, 3.05) is 20.2 Å². The first-order valence-electron chi connectivity index (χ1n) is 6.59. The molecule has 1 unspecified atom stereocenters. The fraction of sp³-hybridized carbons (Fsp3) is 0.571. The van der Waals surface area contributed by atoms with Crippen molar-refractivity contribution in [1.29, 1.82) is 0 Å². The largest absolute Gasteiger partial charge is 0.496 e. The molecule has 0 radical (unpaired) electrons. The van der Waals surface area contributed by atoms with E-state index in [1.165, 1.54) is 6.07 Å². The maximum atomic E-state index is 10.9. The normalized spacial score (nSPS) is 19.9. The molecule has 104 valence electrons. The average Bonchev–Trinajstić information content (AvgIpc) is 2.87. The molecule has 1 heterocycles. The van der Waals surface area contributed by atoms with Gasteiger partial charge in [0.2, 0.25) is 0 Å². The first-order valence-corrected chi connectivity index (χ1v) is 6.59. The minimum Gasteiger partial charge on any atom is -0.496 e. The summed E-state index contributed by atoms with van der Waals surface area (Å²) in [6.45, 7) is 6.32. The fourth-order valence-electron chi connectivity index (χ4n) is 2.66. The molecule has 0 saturated carbocycles. The summed E-state index contributed by atoms with van der Waals surface area (Å²) in [5.74, 6) is 1.07. The van der Waals surface area contributed by atoms with Crippen LogP contribution in [0, 0.1) is 10.1 Å². The second-order valence-corrected chi connectivity index (χ2v) is 5.26. The summed E-state index contributed by atoms with van der Waals surface area (Å²) in [4.78, 5) is 12.9. The van der Waals surface area contributed by atoms with Crippen molar-refractivity contribution in [3.8, 4) is 5.75 Å². The van der Waals surface area contributed by atoms with Gasteiger partial charge < -0.3 is 9.64 Å². The highest BCUT2D eigenvalue weighted by Crippen LogP contribution is 2.36. The van der Waals surface area contributed by atoms with E-state index in [2.05, 4.69) is 18.7 Å². The molecule has 19 heavy (non-hydrogen) atoms. The predicted octanol–water partition coefficient (Wildman–Crippen LogP) is 2.80. The number of rotatable bonds is 4. The quantitative estimate of drug-likeness (QED) is 0.620. The van der Waals surface area contributed by atoms with Gasteiger partial charge in [-0.25, -0.2) is 0 Å². The van der Waals surface area contributed by atoms with Gasteiger partial charge in [-0.2, -0.15) is 0 Å². The zero-order valence-corrected chi connectivity index (χ0v) is 11.6. The van der Waals surface area contributed by atoms with Gasteiger partial charge in [0.05, 0.1) is 12.0 Å². The van der Waals surface area contributed by atoms with Crippen LogP contribution in [0.25, 0.3) is 0 Å². The zero-order chi connectivity index (χ0) is 14.0. The van der Waals surface area contributed by atoms with Gasteiger partial charge in [-0.1, -0.05) is 0 Å². The van der Waals surface area contributed by atoms with Crippen LogP contribution in [0.4, 0.5) is 5.69 Å². The van der Waals surface area contributed by atoms with Gasteiger partial charge in [-0.3, -0.25) is 10.1 Å². The lowest BCUT2D eigenvalue weighted by atomic mass is 9.97. The van der Waals surface area contributed by atoms with Gasteiger partial charge >= 0.3 is 0 Å². The Labute approximate surface area is 113 Å². The number of nitrogens with zero attached hydrogens (tertiary/aromatic N) is 2. The van der Waals surface area contributed by atoms with Gasteiger partial charge in [0.25, 0.3) is 5.69 Å². The molecule has 1 aromatic carbocycles. The number of hydrogen-bond donors (Lipinski definition) is 0. The lowest BCUT2D eigenvalue weighted by molar-refractivity contribution is -0.385. The van der Waals surface area contributed by atoms with Crippen LogP contribution in [0.2, 0.25) is 0 Å². The number of hydrogen-bond acceptors (Lipinski definition) is 4. The molecule has 0 spiro atoms. The Morgan fingerprint density at radius 1 is 1.47 bits per heavy atom. The van der Waals surface area contributed by atoms with Crippen molar-refractivity contribution in [2.24, 2.45) is 0 Å². The number of ether oxygens (including phenoxy) is 1. The molecular weight excluding hydrogens is 244 g/mol. The zero-order valence-electron chi connectivity index (χ0n) is 11.6. The van der Waals surface area contributed by atoms with Gasteiger partial charge in [0.15, 0.2) is 0 Å². The van der Waals surface area contributed by atoms with E-state index >= 15 is 0 Å². The maximum absolute atomic E-state index is 10.9. The van der Waals surface area contributed by atoms with Crippen molar-refractivity contribution in [2.45, 2.75) is 32.2 Å². The van der Waals surface area contributed by atoms with Crippen molar-refractivity contribution in [1.82, 2.24) is 4.90 Å². The Morgan fingerprint density at radius 2 is 2.21 bits per heavy atom. The molecule has 1 aliphatic heterocycles. The van der Waals surface area contributed by atoms with Crippen molar-refractivity contribution in [3.63, 3.8) is 0 Å². The van der Waals surface area contributed by atoms with Crippen LogP contribution in [-0.2, 0) is 0 Å². The number of non-ortho nitro benzene ring substituents is 1. The van der Waals surface area contributed by atoms with E-state index in [4.69, 9.17) is 4.74 Å². The maximum Gasteiger partial charge on any atom is 0.269 e. The summed E-state index contributed by atoms with van der Waals surface area (Å²) in [5.41, 5.74) is 1.10. The molecule has 0 N–H and O–H groups in total. The third-order valence-electron chi connectivity index (χ3n) is 3.81. The van der Waals surface area contributed by atoms with Crippen molar-refractivity contribution < 1.29 is 9.66 Å². The van der Waals surface area contributed by atoms with E-state index < -0.39 is 0 Å². The highest BCUT2D eigenvalue weighted by molar-refractivity contribution is 5.46. The number of nitro groups is 1. The average molecular weight is 264 g/mol. The van der Waals surface area contributed by atoms with Gasteiger partial charge in [-0.15, -0.1) is 0 Å². The van der Waals surface area contributed by atoms with E-state index in [-0.39, 0.29) is 10.6 Å². The van der Waals surface area contributed by atoms with Crippen molar-refractivity contribution in [3.05, 3.63) is 33.9 Å². The Balaban J connectivity index is 2.28. The SMILES string of the molecule is COc1ccc([N+](=O)[O-])cc1C1CCN(C(C)C)C1. The highest BCUT2D eigenvalue weighted by Gasteiger charge is 2.28. The fourth-order valence-corrected chi connectivity index (χ4v) is 2.66. The molecule has 1 aromatic rings. The van der Waals surface area contributed by atoms with Crippen LogP contribution in [0.1, 0.15) is 31.7 Å². The molecular formula is C14H20N2O3. The minimum absolute atomic E-state index is 0.138. The monoisotopic (exact) mass is 264 g/mol. The molecule has 0 aromatic heterocycles. The third kappa shape index (κ3) is 2.87. The van der Waals surface area contributed by atoms with Crippen LogP contribution < -0.4 is 4.74 Å². The van der Waals surface area contributed by atoms with E-state index in [1.807, 2.05) is 0 Å². The number of likely N-dealkylation sites (tertiary alicyclic amines) is 1. The van der Waals surface area contributed by atoms with Crippen LogP contribution in [0.5, 0.6) is 5.75 Å². The molecule has 5 heteroatoms. The van der Waals surface area contributed by atoms with Crippen LogP contribution in [0.3, 0.4) is 0 Å². The van der Waals surface area contributed by atoms with Crippen molar-refractivity contribution >= 4 is 5.69 Å². The van der Waals surface area contributed by atoms with E-state index in [9.17, 15) is 10.1 Å². The summed E-state index contributed by atoms with van der Waals surface area (Å²) in [6, 6.07) is 5.37. The van der Waals surface area contributed by atoms with E-state index in [1.54, 1.807) is 19.2 Å². The number of nitro benzene ring substituents is 1. The standard InChI is InChI=1S/C14H20N2O3/c1-10(2)15-7-6-11(9-15)13-8-12(16(17)18)4-5-14(13)19-3/h4-5,8,10-11H,6-7,9H2,1-3H3. The lowest BCUT2D eigenvalue weighted by Gasteiger charge is -2.20. The van der Waals surface area contributed by atoms with Crippen LogP contribution in [-0.4, -0.2) is 36.1 Å². The summed E-state index contributed by atoms with van der Waals surface area (Å²) in [7, 11) is 1.61. The Kier molecular flexibility index (Phi) is 4.04. The Hall–Kier alpha value is -1.62. The minimum atomic E-state index is -0.349. The van der Waals surface area contributed by atoms with Gasteiger partial charge in [0, 0.05) is 36.2 Å². The summed E-state index contributed by atoms with van der Waals surface area (Å²) in [6.07, 6.45) is 1.02. The molecule has 0 bridgehead atoms. The molecule has 0 amide bonds. The number of benzene rings is 1. The molecule has 5 nitrogen and oxygen atoms in total. The lowest BCUT2D eigenvalue weighted by Crippen LogP contribution is -2.27. The molecule has 1 fully saturated rings. The summed E-state index contributed by atoms with van der Waals surface area (Å²) < 4.78 is 5.35. The van der Waals surface area contributed by atoms with Crippen LogP contribution in [0.15, 0.2) is 18.2 Å². The second kappa shape index (κ2) is 5.57. The van der Waals surface area contributed by atoms with Gasteiger partial charge in [-0.05, 0) is 32.9 Å². The topological polar surface area (TPSA) is 55.6 Å². The molecule has 1 atom stereocenters. The van der Waals surface area contributed by atoms with Crippen LogP contribution >= 0.6 is 0 Å². The third-order valence-corrected chi connectivity index (χ3v) is 3.81. The first kappa shape index (κ1) is 13.8. The Bertz CT molecular complexity index is 474. The van der Waals surface area contributed by atoms with E-state index in [0.717, 1.165) is 30.8 Å². The highest BCUT2D eigenvalue weighted by atomic mass is 16.6. The second-order valence-electron chi connectivity index (χ2n) is 5.26. The molecule has 0 aliphatic carbocycles. The first-order chi connectivity index (χ1) is 9.02. The molecule has 2 rings (SSSR count). The summed E-state index contributed by atoms with van der Waals surface area (Å²) in [5, 5.41) is 10.9. The molecule has 1 saturated heterocycles. The van der Waals surface area contributed by atoms with Gasteiger partial charge in [0.1, 0.15) is 5.75 Å². The Morgan fingerprint density at radius 3 is 2.74 bits per heavy atom. The predicted molar refractivity (Wildman–Crippen MR) is 73.7 cm³/mol. The summed E-state index contributed by atoms with van der Waals surface area (Å²) >= 11 is 0.